The van der Waals surface area contributed by atoms with Crippen LogP contribution in [0, 0.1) is 0 Å². The molecule has 0 aliphatic carbocycles. The molecule has 1 aromatic heterocycles. The minimum atomic E-state index is 1.25. The molecule has 0 amide bonds. The Morgan fingerprint density at radius 2 is 2.38 bits per heavy atom. The van der Waals surface area contributed by atoms with Crippen molar-refractivity contribution in [2.75, 3.05) is 0 Å². The van der Waals surface area contributed by atoms with E-state index in [2.05, 4.69) is 16.5 Å². The standard InChI is InChI=1S/C3H4N2.C2H2O/c1-2-5-3-4-1;1-2-3/h1-3H,(H,4,5);1H2. The second-order valence-corrected chi connectivity index (χ2v) is 0.905. The fraction of sp³-hybridized carbons (Fsp3) is 0. The summed E-state index contributed by atoms with van der Waals surface area (Å²) in [6.45, 7) is 2.68. The Morgan fingerprint density at radius 3 is 2.50 bits per heavy atom. The van der Waals surface area contributed by atoms with Gasteiger partial charge in [-0.2, -0.15) is 0 Å². The van der Waals surface area contributed by atoms with Gasteiger partial charge in [-0.3, -0.25) is 0 Å². The lowest BCUT2D eigenvalue weighted by atomic mass is 11.0. The summed E-state index contributed by atoms with van der Waals surface area (Å²) in [5.74, 6) is 1.25. The van der Waals surface area contributed by atoms with Gasteiger partial charge in [-0.05, 0) is 6.58 Å². The van der Waals surface area contributed by atoms with Crippen LogP contribution in [0.1, 0.15) is 0 Å². The van der Waals surface area contributed by atoms with Crippen molar-refractivity contribution in [2.24, 2.45) is 0 Å². The topological polar surface area (TPSA) is 45.8 Å². The van der Waals surface area contributed by atoms with Crippen LogP contribution >= 0.6 is 0 Å². The second kappa shape index (κ2) is 5.66. The molecule has 0 spiro atoms. The average Bonchev–Trinajstić information content (AvgIpc) is 2.17. The highest BCUT2D eigenvalue weighted by molar-refractivity contribution is 5.38. The van der Waals surface area contributed by atoms with Gasteiger partial charge in [-0.25, -0.2) is 9.78 Å². The third-order valence-electron chi connectivity index (χ3n) is 0.406. The van der Waals surface area contributed by atoms with Crippen molar-refractivity contribution in [3.8, 4) is 0 Å². The molecule has 0 aromatic carbocycles. The predicted octanol–water partition coefficient (Wildman–Crippen LogP) is 0.414. The van der Waals surface area contributed by atoms with Crippen LogP contribution in [0.25, 0.3) is 0 Å². The minimum Gasteiger partial charge on any atom is -0.351 e. The molecule has 1 heterocycles. The predicted molar refractivity (Wildman–Crippen MR) is 29.9 cm³/mol. The highest BCUT2D eigenvalue weighted by Gasteiger charge is 1.56. The number of aromatic amines is 1. The van der Waals surface area contributed by atoms with Crippen molar-refractivity contribution in [2.45, 2.75) is 0 Å². The van der Waals surface area contributed by atoms with Crippen molar-refractivity contribution in [1.29, 1.82) is 0 Å². The van der Waals surface area contributed by atoms with E-state index in [-0.39, 0.29) is 0 Å². The maximum atomic E-state index is 8.57. The molecule has 0 fully saturated rings. The Bertz CT molecular complexity index is 122. The number of imidazole rings is 1. The van der Waals surface area contributed by atoms with Crippen LogP contribution in [-0.2, 0) is 4.79 Å². The fourth-order valence-corrected chi connectivity index (χ4v) is 0.215. The number of aromatic nitrogens is 2. The SMILES string of the molecule is C=C=O.c1c[nH]cn1. The van der Waals surface area contributed by atoms with Crippen molar-refractivity contribution in [3.63, 3.8) is 0 Å². The molecule has 42 valence electrons. The second-order valence-electron chi connectivity index (χ2n) is 0.905. The van der Waals surface area contributed by atoms with Crippen molar-refractivity contribution in [1.82, 2.24) is 9.97 Å². The van der Waals surface area contributed by atoms with Gasteiger partial charge >= 0.3 is 0 Å². The van der Waals surface area contributed by atoms with Gasteiger partial charge in [0.2, 0.25) is 0 Å². The first kappa shape index (κ1) is 6.66. The fourth-order valence-electron chi connectivity index (χ4n) is 0.215. The van der Waals surface area contributed by atoms with E-state index in [4.69, 9.17) is 4.79 Å². The van der Waals surface area contributed by atoms with Crippen LogP contribution in [0.3, 0.4) is 0 Å². The number of nitrogens with one attached hydrogen (secondary N) is 1. The van der Waals surface area contributed by atoms with E-state index < -0.39 is 0 Å². The van der Waals surface area contributed by atoms with Crippen molar-refractivity contribution in [3.05, 3.63) is 25.3 Å². The number of hydrogen-bond donors (Lipinski definition) is 1. The largest absolute Gasteiger partial charge is 0.351 e. The molecule has 0 saturated carbocycles. The molecule has 8 heavy (non-hydrogen) atoms. The molecule has 0 atom stereocenters. The van der Waals surface area contributed by atoms with Crippen molar-refractivity contribution < 1.29 is 4.79 Å². The molecular formula is C5H6N2O. The van der Waals surface area contributed by atoms with Gasteiger partial charge in [-0.1, -0.05) is 0 Å². The van der Waals surface area contributed by atoms with Gasteiger partial charge in [0.1, 0.15) is 5.94 Å². The third-order valence-corrected chi connectivity index (χ3v) is 0.406. The molecule has 0 saturated heterocycles. The van der Waals surface area contributed by atoms with Crippen LogP contribution in [0.15, 0.2) is 25.3 Å². The molecule has 0 radical (unpaired) electrons. The smallest absolute Gasteiger partial charge is 0.116 e. The Labute approximate surface area is 47.1 Å². The van der Waals surface area contributed by atoms with Gasteiger partial charge in [0.15, 0.2) is 0 Å². The first-order valence-corrected chi connectivity index (χ1v) is 1.98. The number of carbonyl (C=O) groups excluding carboxylic acids is 1. The van der Waals surface area contributed by atoms with Crippen molar-refractivity contribution >= 4 is 5.94 Å². The van der Waals surface area contributed by atoms with Gasteiger partial charge < -0.3 is 4.98 Å². The van der Waals surface area contributed by atoms with Gasteiger partial charge in [0, 0.05) is 12.4 Å². The molecule has 1 aromatic rings. The van der Waals surface area contributed by atoms with Gasteiger partial charge in [0.05, 0.1) is 6.33 Å². The maximum Gasteiger partial charge on any atom is 0.116 e. The van der Waals surface area contributed by atoms with Gasteiger partial charge in [-0.15, -0.1) is 0 Å². The highest BCUT2D eigenvalue weighted by Crippen LogP contribution is 1.62. The zero-order chi connectivity index (χ0) is 6.24. The summed E-state index contributed by atoms with van der Waals surface area (Å²) in [6.07, 6.45) is 5.08. The summed E-state index contributed by atoms with van der Waals surface area (Å²) in [4.78, 5) is 15.0. The molecule has 0 bridgehead atoms. The van der Waals surface area contributed by atoms with E-state index in [0.29, 0.717) is 0 Å². The maximum absolute atomic E-state index is 8.57. The summed E-state index contributed by atoms with van der Waals surface area (Å²) < 4.78 is 0. The normalized spacial score (nSPS) is 6.00. The van der Waals surface area contributed by atoms with E-state index in [0.717, 1.165) is 0 Å². The molecule has 0 unspecified atom stereocenters. The minimum absolute atomic E-state index is 1.25. The first-order chi connectivity index (χ1) is 3.91. The molecule has 3 heteroatoms. The zero-order valence-electron chi connectivity index (χ0n) is 4.29. The van der Waals surface area contributed by atoms with Crippen LogP contribution in [-0.4, -0.2) is 15.9 Å². The van der Waals surface area contributed by atoms with Crippen LogP contribution in [0.2, 0.25) is 0 Å². The first-order valence-electron chi connectivity index (χ1n) is 1.98. The van der Waals surface area contributed by atoms with E-state index in [1.165, 1.54) is 5.94 Å². The Morgan fingerprint density at radius 1 is 1.75 bits per heavy atom. The lowest BCUT2D eigenvalue weighted by Gasteiger charge is -1.46. The lowest BCUT2D eigenvalue weighted by Crippen LogP contribution is -1.44. The van der Waals surface area contributed by atoms with E-state index in [1.807, 2.05) is 0 Å². The Kier molecular flexibility index (Phi) is 4.71. The summed E-state index contributed by atoms with van der Waals surface area (Å²) >= 11 is 0. The number of nitrogens with zero attached hydrogens (tertiary/aromatic N) is 1. The average molecular weight is 110 g/mol. The van der Waals surface area contributed by atoms with Gasteiger partial charge in [0.25, 0.3) is 0 Å². The lowest BCUT2D eigenvalue weighted by molar-refractivity contribution is 0.569. The third kappa shape index (κ3) is 4.66. The zero-order valence-corrected chi connectivity index (χ0v) is 4.29. The molecule has 1 rings (SSSR count). The van der Waals surface area contributed by atoms with Crippen LogP contribution < -0.4 is 0 Å². The molecule has 3 nitrogen and oxygen atoms in total. The quantitative estimate of drug-likeness (QED) is 0.492. The summed E-state index contributed by atoms with van der Waals surface area (Å²) in [7, 11) is 0. The molecule has 1 N–H and O–H groups in total. The van der Waals surface area contributed by atoms with E-state index in [1.54, 1.807) is 18.7 Å². The highest BCUT2D eigenvalue weighted by atomic mass is 16.1. The summed E-state index contributed by atoms with van der Waals surface area (Å²) in [5.41, 5.74) is 0. The van der Waals surface area contributed by atoms with E-state index >= 15 is 0 Å². The monoisotopic (exact) mass is 110 g/mol. The number of rotatable bonds is 0. The number of hydrogen-bond acceptors (Lipinski definition) is 2. The molecular weight excluding hydrogens is 104 g/mol. The van der Waals surface area contributed by atoms with Crippen LogP contribution in [0.4, 0.5) is 0 Å². The number of H-pyrrole nitrogens is 1. The summed E-state index contributed by atoms with van der Waals surface area (Å²) in [5, 5.41) is 0. The van der Waals surface area contributed by atoms with E-state index in [9.17, 15) is 0 Å². The van der Waals surface area contributed by atoms with Crippen LogP contribution in [0.5, 0.6) is 0 Å². The Hall–Kier alpha value is -1.34. The Balaban J connectivity index is 0.000000145. The molecule has 0 aliphatic rings. The molecule has 0 aliphatic heterocycles. The summed E-state index contributed by atoms with van der Waals surface area (Å²) in [6, 6.07) is 0.